The van der Waals surface area contributed by atoms with Crippen LogP contribution in [0.4, 0.5) is 5.69 Å². The third-order valence-corrected chi connectivity index (χ3v) is 5.95. The average molecular weight is 371 g/mol. The van der Waals surface area contributed by atoms with Gasteiger partial charge in [-0.15, -0.1) is 0 Å². The van der Waals surface area contributed by atoms with Crippen LogP contribution in [0.25, 0.3) is 0 Å². The maximum absolute atomic E-state index is 12.0. The lowest BCUT2D eigenvalue weighted by Gasteiger charge is -2.36. The second-order valence-corrected chi connectivity index (χ2v) is 7.80. The first-order valence-electron chi connectivity index (χ1n) is 7.45. The highest BCUT2D eigenvalue weighted by Crippen LogP contribution is 2.37. The highest BCUT2D eigenvalue weighted by atomic mass is 79.9. The lowest BCUT2D eigenvalue weighted by atomic mass is 9.88. The Kier molecular flexibility index (Phi) is 6.58. The smallest absolute Gasteiger partial charge is 0.238 e. The third-order valence-electron chi connectivity index (χ3n) is 4.04. The normalized spacial score (nSPS) is 17.4. The van der Waals surface area contributed by atoms with Crippen LogP contribution in [0.1, 0.15) is 32.1 Å². The molecular formula is C16H23BrN2OS. The number of carbonyl (C=O) groups is 1. The van der Waals surface area contributed by atoms with Gasteiger partial charge in [0, 0.05) is 21.5 Å². The van der Waals surface area contributed by atoms with E-state index < -0.39 is 0 Å². The second kappa shape index (κ2) is 8.20. The van der Waals surface area contributed by atoms with Crippen molar-refractivity contribution < 1.29 is 4.79 Å². The molecule has 2 N–H and O–H groups in total. The average Bonchev–Trinajstić information content (AvgIpc) is 2.48. The van der Waals surface area contributed by atoms with E-state index in [1.54, 1.807) is 0 Å². The molecule has 5 heteroatoms. The van der Waals surface area contributed by atoms with E-state index in [9.17, 15) is 4.79 Å². The number of hydrogen-bond donors (Lipinski definition) is 2. The summed E-state index contributed by atoms with van der Waals surface area (Å²) in [6, 6.07) is 7.66. The number of benzene rings is 1. The van der Waals surface area contributed by atoms with E-state index in [4.69, 9.17) is 0 Å². The molecule has 1 fully saturated rings. The Morgan fingerprint density at radius 1 is 1.33 bits per heavy atom. The molecule has 1 saturated carbocycles. The Bertz CT molecular complexity index is 475. The zero-order valence-electron chi connectivity index (χ0n) is 12.5. The number of amides is 1. The summed E-state index contributed by atoms with van der Waals surface area (Å²) in [4.78, 5) is 12.0. The molecule has 0 spiro atoms. The predicted octanol–water partition coefficient (Wildman–Crippen LogP) is 4.04. The SMILES string of the molecule is CSC1(CNCC(=O)Nc2cccc(Br)c2)CCCCC1. The van der Waals surface area contributed by atoms with Gasteiger partial charge in [-0.1, -0.05) is 41.3 Å². The van der Waals surface area contributed by atoms with Crippen LogP contribution < -0.4 is 10.6 Å². The molecule has 1 aromatic carbocycles. The molecule has 1 aliphatic rings. The fraction of sp³-hybridized carbons (Fsp3) is 0.562. The van der Waals surface area contributed by atoms with Crippen LogP contribution in [-0.4, -0.2) is 30.0 Å². The van der Waals surface area contributed by atoms with Gasteiger partial charge in [-0.25, -0.2) is 0 Å². The molecule has 0 bridgehead atoms. The van der Waals surface area contributed by atoms with Gasteiger partial charge in [-0.2, -0.15) is 11.8 Å². The number of hydrogen-bond acceptors (Lipinski definition) is 3. The number of anilines is 1. The van der Waals surface area contributed by atoms with Crippen molar-refractivity contribution >= 4 is 39.3 Å². The third kappa shape index (κ3) is 5.31. The van der Waals surface area contributed by atoms with Crippen molar-refractivity contribution in [3.05, 3.63) is 28.7 Å². The number of thioether (sulfide) groups is 1. The number of nitrogens with one attached hydrogen (secondary N) is 2. The largest absolute Gasteiger partial charge is 0.325 e. The first-order chi connectivity index (χ1) is 10.1. The predicted molar refractivity (Wildman–Crippen MR) is 95.0 cm³/mol. The quantitative estimate of drug-likeness (QED) is 0.793. The minimum atomic E-state index is 0.0140. The van der Waals surface area contributed by atoms with E-state index >= 15 is 0 Å². The Morgan fingerprint density at radius 3 is 2.76 bits per heavy atom. The highest BCUT2D eigenvalue weighted by molar-refractivity contribution is 9.10. The standard InChI is InChI=1S/C16H23BrN2OS/c1-21-16(8-3-2-4-9-16)12-18-11-15(20)19-14-7-5-6-13(17)10-14/h5-7,10,18H,2-4,8-9,11-12H2,1H3,(H,19,20). The molecule has 0 unspecified atom stereocenters. The lowest BCUT2D eigenvalue weighted by Crippen LogP contribution is -2.42. The summed E-state index contributed by atoms with van der Waals surface area (Å²) >= 11 is 5.35. The number of carbonyl (C=O) groups excluding carboxylic acids is 1. The van der Waals surface area contributed by atoms with Crippen molar-refractivity contribution in [2.24, 2.45) is 0 Å². The fourth-order valence-corrected chi connectivity index (χ4v) is 4.17. The molecule has 1 aliphatic carbocycles. The first kappa shape index (κ1) is 16.8. The summed E-state index contributed by atoms with van der Waals surface area (Å²) in [5, 5.41) is 6.25. The zero-order chi connectivity index (χ0) is 15.1. The molecule has 1 aromatic rings. The van der Waals surface area contributed by atoms with Crippen molar-refractivity contribution in [2.75, 3.05) is 24.7 Å². The summed E-state index contributed by atoms with van der Waals surface area (Å²) < 4.78 is 1.30. The zero-order valence-corrected chi connectivity index (χ0v) is 14.9. The van der Waals surface area contributed by atoms with Crippen molar-refractivity contribution in [3.8, 4) is 0 Å². The van der Waals surface area contributed by atoms with Crippen LogP contribution >= 0.6 is 27.7 Å². The molecule has 3 nitrogen and oxygen atoms in total. The van der Waals surface area contributed by atoms with Gasteiger partial charge < -0.3 is 10.6 Å². The maximum Gasteiger partial charge on any atom is 0.238 e. The van der Waals surface area contributed by atoms with Gasteiger partial charge >= 0.3 is 0 Å². The van der Waals surface area contributed by atoms with E-state index in [0.717, 1.165) is 16.7 Å². The second-order valence-electron chi connectivity index (χ2n) is 5.61. The molecule has 0 aromatic heterocycles. The summed E-state index contributed by atoms with van der Waals surface area (Å²) in [5.74, 6) is 0.0140. The van der Waals surface area contributed by atoms with E-state index in [0.29, 0.717) is 11.3 Å². The van der Waals surface area contributed by atoms with E-state index in [2.05, 4.69) is 32.8 Å². The first-order valence-corrected chi connectivity index (χ1v) is 9.47. The van der Waals surface area contributed by atoms with Crippen LogP contribution in [0.15, 0.2) is 28.7 Å². The van der Waals surface area contributed by atoms with Gasteiger partial charge in [-0.05, 0) is 37.3 Å². The summed E-state index contributed by atoms with van der Waals surface area (Å²) in [7, 11) is 0. The number of halogens is 1. The van der Waals surface area contributed by atoms with Crippen LogP contribution in [0, 0.1) is 0 Å². The highest BCUT2D eigenvalue weighted by Gasteiger charge is 2.30. The van der Waals surface area contributed by atoms with Gasteiger partial charge in [0.05, 0.1) is 6.54 Å². The van der Waals surface area contributed by atoms with Crippen LogP contribution in [0.5, 0.6) is 0 Å². The van der Waals surface area contributed by atoms with Crippen LogP contribution in [-0.2, 0) is 4.79 Å². The van der Waals surface area contributed by atoms with Gasteiger partial charge in [0.1, 0.15) is 0 Å². The Labute approximate surface area is 139 Å². The Hall–Kier alpha value is -0.520. The molecular weight excluding hydrogens is 348 g/mol. The monoisotopic (exact) mass is 370 g/mol. The minimum Gasteiger partial charge on any atom is -0.325 e. The van der Waals surface area contributed by atoms with Crippen molar-refractivity contribution in [3.63, 3.8) is 0 Å². The van der Waals surface area contributed by atoms with E-state index in [-0.39, 0.29) is 5.91 Å². The summed E-state index contributed by atoms with van der Waals surface area (Å²) in [6.07, 6.45) is 8.68. The van der Waals surface area contributed by atoms with Gasteiger partial charge in [0.15, 0.2) is 0 Å². The number of rotatable bonds is 6. The molecule has 2 rings (SSSR count). The Morgan fingerprint density at radius 2 is 2.10 bits per heavy atom. The topological polar surface area (TPSA) is 41.1 Å². The maximum atomic E-state index is 12.0. The molecule has 0 saturated heterocycles. The Balaban J connectivity index is 1.76. The van der Waals surface area contributed by atoms with Crippen LogP contribution in [0.3, 0.4) is 0 Å². The lowest BCUT2D eigenvalue weighted by molar-refractivity contribution is -0.115. The molecule has 21 heavy (non-hydrogen) atoms. The van der Waals surface area contributed by atoms with Crippen molar-refractivity contribution in [1.82, 2.24) is 5.32 Å². The van der Waals surface area contributed by atoms with Crippen molar-refractivity contribution in [1.29, 1.82) is 0 Å². The molecule has 0 radical (unpaired) electrons. The summed E-state index contributed by atoms with van der Waals surface area (Å²) in [6.45, 7) is 1.29. The molecule has 0 aliphatic heterocycles. The van der Waals surface area contributed by atoms with E-state index in [1.807, 2.05) is 36.0 Å². The summed E-state index contributed by atoms with van der Waals surface area (Å²) in [5.41, 5.74) is 0.827. The molecule has 0 heterocycles. The van der Waals surface area contributed by atoms with Gasteiger partial charge in [0.2, 0.25) is 5.91 Å². The van der Waals surface area contributed by atoms with Crippen LogP contribution in [0.2, 0.25) is 0 Å². The van der Waals surface area contributed by atoms with Crippen molar-refractivity contribution in [2.45, 2.75) is 36.9 Å². The molecule has 0 atom stereocenters. The van der Waals surface area contributed by atoms with Gasteiger partial charge in [-0.3, -0.25) is 4.79 Å². The molecule has 1 amide bonds. The fourth-order valence-electron chi connectivity index (χ4n) is 2.82. The van der Waals surface area contributed by atoms with E-state index in [1.165, 1.54) is 32.1 Å². The minimum absolute atomic E-state index is 0.0140. The van der Waals surface area contributed by atoms with Gasteiger partial charge in [0.25, 0.3) is 0 Å². The molecule has 116 valence electrons.